The SMILES string of the molecule is O=C(NC[C@H](c1ccccc1Cl)N1CCCC1)c1cc(=O)c2ccc(Br)cc2o1. The van der Waals surface area contributed by atoms with E-state index in [1.807, 2.05) is 24.3 Å². The molecular weight excluding hydrogens is 456 g/mol. The van der Waals surface area contributed by atoms with E-state index in [0.717, 1.165) is 36.0 Å². The number of benzene rings is 2. The molecule has 1 atom stereocenters. The van der Waals surface area contributed by atoms with Crippen LogP contribution in [-0.4, -0.2) is 30.4 Å². The highest BCUT2D eigenvalue weighted by Crippen LogP contribution is 2.29. The second kappa shape index (κ2) is 8.69. The summed E-state index contributed by atoms with van der Waals surface area (Å²) in [6, 6.07) is 14.0. The Kier molecular flexibility index (Phi) is 6.04. The number of likely N-dealkylation sites (tertiary alicyclic amines) is 1. The molecule has 0 bridgehead atoms. The molecule has 1 aliphatic rings. The zero-order chi connectivity index (χ0) is 20.4. The van der Waals surface area contributed by atoms with Crippen LogP contribution in [0.1, 0.15) is 35.0 Å². The first-order valence-electron chi connectivity index (χ1n) is 9.53. The largest absolute Gasteiger partial charge is 0.451 e. The summed E-state index contributed by atoms with van der Waals surface area (Å²) in [5, 5.41) is 4.05. The maximum absolute atomic E-state index is 12.8. The Labute approximate surface area is 181 Å². The number of fused-ring (bicyclic) bond motifs is 1. The second-order valence-electron chi connectivity index (χ2n) is 7.11. The van der Waals surface area contributed by atoms with Crippen LogP contribution in [0.5, 0.6) is 0 Å². The number of nitrogens with zero attached hydrogens (tertiary/aromatic N) is 1. The molecular formula is C22H20BrClN2O3. The maximum atomic E-state index is 12.8. The van der Waals surface area contributed by atoms with E-state index < -0.39 is 5.91 Å². The second-order valence-corrected chi connectivity index (χ2v) is 8.43. The molecule has 2 heterocycles. The van der Waals surface area contributed by atoms with Crippen LogP contribution < -0.4 is 10.7 Å². The van der Waals surface area contributed by atoms with Gasteiger partial charge in [0.2, 0.25) is 0 Å². The van der Waals surface area contributed by atoms with Crippen molar-refractivity contribution in [1.82, 2.24) is 10.2 Å². The molecule has 0 radical (unpaired) electrons. The van der Waals surface area contributed by atoms with Crippen LogP contribution in [0.3, 0.4) is 0 Å². The third-order valence-corrected chi connectivity index (χ3v) is 6.05. The fourth-order valence-electron chi connectivity index (χ4n) is 3.75. The Morgan fingerprint density at radius 3 is 2.69 bits per heavy atom. The smallest absolute Gasteiger partial charge is 0.287 e. The van der Waals surface area contributed by atoms with Crippen LogP contribution in [-0.2, 0) is 0 Å². The van der Waals surface area contributed by atoms with E-state index in [1.165, 1.54) is 6.07 Å². The Morgan fingerprint density at radius 1 is 1.17 bits per heavy atom. The highest BCUT2D eigenvalue weighted by atomic mass is 79.9. The van der Waals surface area contributed by atoms with Crippen molar-refractivity contribution in [2.75, 3.05) is 19.6 Å². The Morgan fingerprint density at radius 2 is 1.93 bits per heavy atom. The van der Waals surface area contributed by atoms with Crippen molar-refractivity contribution >= 4 is 44.4 Å². The average molecular weight is 476 g/mol. The molecule has 1 aromatic heterocycles. The normalized spacial score (nSPS) is 15.5. The van der Waals surface area contributed by atoms with Gasteiger partial charge in [-0.1, -0.05) is 45.7 Å². The lowest BCUT2D eigenvalue weighted by Crippen LogP contribution is -2.37. The van der Waals surface area contributed by atoms with E-state index in [9.17, 15) is 9.59 Å². The van der Waals surface area contributed by atoms with Crippen molar-refractivity contribution in [1.29, 1.82) is 0 Å². The van der Waals surface area contributed by atoms with Crippen LogP contribution in [0.4, 0.5) is 0 Å². The summed E-state index contributed by atoms with van der Waals surface area (Å²) in [5.41, 5.74) is 1.12. The molecule has 1 N–H and O–H groups in total. The number of rotatable bonds is 5. The summed E-state index contributed by atoms with van der Waals surface area (Å²) < 4.78 is 6.47. The summed E-state index contributed by atoms with van der Waals surface area (Å²) in [7, 11) is 0. The number of hydrogen-bond acceptors (Lipinski definition) is 4. The van der Waals surface area contributed by atoms with Gasteiger partial charge in [0.05, 0.1) is 11.4 Å². The minimum Gasteiger partial charge on any atom is -0.451 e. The molecule has 3 aromatic rings. The van der Waals surface area contributed by atoms with Crippen molar-refractivity contribution in [3.05, 3.63) is 79.6 Å². The number of carbonyl (C=O) groups is 1. The molecule has 2 aromatic carbocycles. The lowest BCUT2D eigenvalue weighted by Gasteiger charge is -2.28. The quantitative estimate of drug-likeness (QED) is 0.577. The number of nitrogens with one attached hydrogen (secondary N) is 1. The first-order chi connectivity index (χ1) is 14.0. The highest BCUT2D eigenvalue weighted by molar-refractivity contribution is 9.10. The van der Waals surface area contributed by atoms with E-state index in [4.69, 9.17) is 16.0 Å². The molecule has 1 fully saturated rings. The summed E-state index contributed by atoms with van der Waals surface area (Å²) >= 11 is 9.79. The van der Waals surface area contributed by atoms with Gasteiger partial charge < -0.3 is 9.73 Å². The summed E-state index contributed by atoms with van der Waals surface area (Å²) in [6.45, 7) is 2.30. The first-order valence-corrected chi connectivity index (χ1v) is 10.7. The van der Waals surface area contributed by atoms with Crippen LogP contribution in [0.25, 0.3) is 11.0 Å². The van der Waals surface area contributed by atoms with Gasteiger partial charge in [-0.05, 0) is 55.8 Å². The van der Waals surface area contributed by atoms with Gasteiger partial charge in [-0.25, -0.2) is 0 Å². The van der Waals surface area contributed by atoms with E-state index in [1.54, 1.807) is 18.2 Å². The predicted octanol–water partition coefficient (Wildman–Crippen LogP) is 4.78. The molecule has 1 saturated heterocycles. The number of amides is 1. The molecule has 7 heteroatoms. The van der Waals surface area contributed by atoms with E-state index in [0.29, 0.717) is 22.5 Å². The number of carbonyl (C=O) groups excluding carboxylic acids is 1. The van der Waals surface area contributed by atoms with Gasteiger partial charge in [0.25, 0.3) is 5.91 Å². The fourth-order valence-corrected chi connectivity index (χ4v) is 4.35. The van der Waals surface area contributed by atoms with Crippen molar-refractivity contribution < 1.29 is 9.21 Å². The van der Waals surface area contributed by atoms with Crippen LogP contribution in [0.15, 0.2) is 62.2 Å². The van der Waals surface area contributed by atoms with Crippen molar-refractivity contribution in [3.63, 3.8) is 0 Å². The summed E-state index contributed by atoms with van der Waals surface area (Å²) in [4.78, 5) is 27.4. The molecule has 0 saturated carbocycles. The molecule has 29 heavy (non-hydrogen) atoms. The fraction of sp³-hybridized carbons (Fsp3) is 0.273. The summed E-state index contributed by atoms with van der Waals surface area (Å²) in [5.74, 6) is -0.417. The lowest BCUT2D eigenvalue weighted by molar-refractivity contribution is 0.0910. The third-order valence-electron chi connectivity index (χ3n) is 5.22. The van der Waals surface area contributed by atoms with Gasteiger partial charge >= 0.3 is 0 Å². The van der Waals surface area contributed by atoms with Gasteiger partial charge in [-0.2, -0.15) is 0 Å². The van der Waals surface area contributed by atoms with Gasteiger partial charge in [-0.15, -0.1) is 0 Å². The standard InChI is InChI=1S/C22H20BrClN2O3/c23-14-7-8-16-19(27)12-21(29-20(16)11-14)22(28)25-13-18(26-9-3-4-10-26)15-5-1-2-6-17(15)24/h1-2,5-8,11-12,18H,3-4,9-10,13H2,(H,25,28)/t18-/m1/s1. The minimum atomic E-state index is -0.416. The monoisotopic (exact) mass is 474 g/mol. The molecule has 1 aliphatic heterocycles. The molecule has 150 valence electrons. The van der Waals surface area contributed by atoms with E-state index in [2.05, 4.69) is 26.1 Å². The van der Waals surface area contributed by atoms with Crippen molar-refractivity contribution in [2.45, 2.75) is 18.9 Å². The average Bonchev–Trinajstić information content (AvgIpc) is 3.23. The Bertz CT molecular complexity index is 1110. The molecule has 0 unspecified atom stereocenters. The van der Waals surface area contributed by atoms with Crippen LogP contribution in [0, 0.1) is 0 Å². The molecule has 0 aliphatic carbocycles. The lowest BCUT2D eigenvalue weighted by atomic mass is 10.1. The van der Waals surface area contributed by atoms with Gasteiger partial charge in [-0.3, -0.25) is 14.5 Å². The van der Waals surface area contributed by atoms with E-state index in [-0.39, 0.29) is 17.2 Å². The highest BCUT2D eigenvalue weighted by Gasteiger charge is 2.26. The van der Waals surface area contributed by atoms with Crippen molar-refractivity contribution in [2.24, 2.45) is 0 Å². The van der Waals surface area contributed by atoms with Gasteiger partial charge in [0.1, 0.15) is 5.58 Å². The molecule has 1 amide bonds. The predicted molar refractivity (Wildman–Crippen MR) is 118 cm³/mol. The molecule has 4 rings (SSSR count). The third kappa shape index (κ3) is 4.39. The maximum Gasteiger partial charge on any atom is 0.287 e. The van der Waals surface area contributed by atoms with Crippen LogP contribution in [0.2, 0.25) is 5.02 Å². The topological polar surface area (TPSA) is 62.6 Å². The van der Waals surface area contributed by atoms with Gasteiger partial charge in [0.15, 0.2) is 11.2 Å². The Balaban J connectivity index is 1.57. The van der Waals surface area contributed by atoms with Gasteiger partial charge in [0, 0.05) is 22.1 Å². The van der Waals surface area contributed by atoms with Crippen LogP contribution >= 0.6 is 27.5 Å². The zero-order valence-electron chi connectivity index (χ0n) is 15.7. The number of hydrogen-bond donors (Lipinski definition) is 1. The minimum absolute atomic E-state index is 0.0000643. The molecule has 0 spiro atoms. The summed E-state index contributed by atoms with van der Waals surface area (Å²) in [6.07, 6.45) is 2.26. The van der Waals surface area contributed by atoms with Crippen molar-refractivity contribution in [3.8, 4) is 0 Å². The number of halogens is 2. The zero-order valence-corrected chi connectivity index (χ0v) is 18.0. The first kappa shape index (κ1) is 20.1. The van der Waals surface area contributed by atoms with E-state index >= 15 is 0 Å². The Hall–Kier alpha value is -2.15. The molecule has 5 nitrogen and oxygen atoms in total.